The zero-order chi connectivity index (χ0) is 40.5. The number of benzene rings is 8. The van der Waals surface area contributed by atoms with Crippen LogP contribution in [0.4, 0.5) is 0 Å². The topological polar surface area (TPSA) is 56.5 Å². The second-order valence-corrected chi connectivity index (χ2v) is 15.1. The molecule has 0 spiro atoms. The number of imidazole rings is 1. The van der Waals surface area contributed by atoms with Crippen molar-refractivity contribution in [1.82, 2.24) is 24.5 Å². The van der Waals surface area contributed by atoms with Crippen LogP contribution in [0.2, 0.25) is 0 Å². The van der Waals surface area contributed by atoms with Crippen LogP contribution in [0.3, 0.4) is 0 Å². The van der Waals surface area contributed by atoms with Gasteiger partial charge in [-0.1, -0.05) is 170 Å². The highest BCUT2D eigenvalue weighted by Gasteiger charge is 2.17. The number of fused-ring (bicyclic) bond motifs is 2. The molecule has 0 saturated heterocycles. The Morgan fingerprint density at radius 2 is 0.885 bits per heavy atom. The van der Waals surface area contributed by atoms with Gasteiger partial charge in [-0.2, -0.15) is 0 Å². The van der Waals surface area contributed by atoms with E-state index < -0.39 is 0 Å². The van der Waals surface area contributed by atoms with Crippen LogP contribution in [0.1, 0.15) is 0 Å². The molecule has 0 aliphatic heterocycles. The van der Waals surface area contributed by atoms with Crippen LogP contribution in [0.25, 0.3) is 106 Å². The number of para-hydroxylation sites is 2. The fraction of sp³-hybridized carbons (Fsp3) is 0. The Balaban J connectivity index is 0.939. The van der Waals surface area contributed by atoms with Crippen LogP contribution in [0.15, 0.2) is 225 Å². The van der Waals surface area contributed by atoms with Gasteiger partial charge in [0.2, 0.25) is 0 Å². The molecule has 5 heteroatoms. The third-order valence-corrected chi connectivity index (χ3v) is 11.3. The first kappa shape index (κ1) is 35.8. The maximum absolute atomic E-state index is 5.12. The van der Waals surface area contributed by atoms with E-state index in [9.17, 15) is 0 Å². The smallest absolute Gasteiger partial charge is 0.164 e. The van der Waals surface area contributed by atoms with E-state index in [0.29, 0.717) is 5.82 Å². The molecule has 8 aromatic carbocycles. The van der Waals surface area contributed by atoms with Crippen molar-refractivity contribution in [2.75, 3.05) is 0 Å². The predicted octanol–water partition coefficient (Wildman–Crippen LogP) is 14.0. The Labute approximate surface area is 354 Å². The summed E-state index contributed by atoms with van der Waals surface area (Å²) in [6, 6.07) is 76.3. The molecule has 5 nitrogen and oxygen atoms in total. The maximum atomic E-state index is 5.12. The van der Waals surface area contributed by atoms with Gasteiger partial charge in [0, 0.05) is 28.6 Å². The maximum Gasteiger partial charge on any atom is 0.164 e. The second kappa shape index (κ2) is 15.5. The number of pyridine rings is 1. The highest BCUT2D eigenvalue weighted by atomic mass is 15.1. The molecule has 11 rings (SSSR count). The molecule has 0 N–H and O–H groups in total. The average Bonchev–Trinajstić information content (AvgIpc) is 3.74. The number of rotatable bonds is 8. The molecule has 0 bridgehead atoms. The quantitative estimate of drug-likeness (QED) is 0.154. The summed E-state index contributed by atoms with van der Waals surface area (Å²) in [6.45, 7) is 0. The van der Waals surface area contributed by atoms with Crippen molar-refractivity contribution in [3.63, 3.8) is 0 Å². The van der Waals surface area contributed by atoms with E-state index in [4.69, 9.17) is 15.0 Å². The van der Waals surface area contributed by atoms with Crippen molar-refractivity contribution in [3.05, 3.63) is 225 Å². The van der Waals surface area contributed by atoms with Crippen molar-refractivity contribution in [1.29, 1.82) is 0 Å². The summed E-state index contributed by atoms with van der Waals surface area (Å²) in [5, 5.41) is 2.40. The predicted molar refractivity (Wildman–Crippen MR) is 250 cm³/mol. The highest BCUT2D eigenvalue weighted by molar-refractivity contribution is 6.05. The minimum atomic E-state index is 0.698. The zero-order valence-electron chi connectivity index (χ0n) is 33.1. The molecule has 0 saturated carbocycles. The fourth-order valence-electron chi connectivity index (χ4n) is 8.32. The number of aromatic nitrogens is 5. The summed E-state index contributed by atoms with van der Waals surface area (Å²) in [4.78, 5) is 19.8. The van der Waals surface area contributed by atoms with Gasteiger partial charge >= 0.3 is 0 Å². The average molecular weight is 780 g/mol. The molecule has 0 amide bonds. The van der Waals surface area contributed by atoms with Gasteiger partial charge in [0.1, 0.15) is 5.69 Å². The minimum Gasteiger partial charge on any atom is -0.291 e. The van der Waals surface area contributed by atoms with E-state index in [1.54, 1.807) is 0 Å². The van der Waals surface area contributed by atoms with Gasteiger partial charge in [-0.3, -0.25) is 9.55 Å². The van der Waals surface area contributed by atoms with Crippen molar-refractivity contribution in [2.45, 2.75) is 0 Å². The minimum absolute atomic E-state index is 0.698. The van der Waals surface area contributed by atoms with Crippen LogP contribution in [-0.4, -0.2) is 24.5 Å². The first-order valence-electron chi connectivity index (χ1n) is 20.5. The number of nitrogens with zero attached hydrogens (tertiary/aromatic N) is 5. The molecule has 0 unspecified atom stereocenters. The summed E-state index contributed by atoms with van der Waals surface area (Å²) in [5.74, 6) is 1.52. The number of hydrogen-bond acceptors (Lipinski definition) is 4. The lowest BCUT2D eigenvalue weighted by Crippen LogP contribution is -1.98. The van der Waals surface area contributed by atoms with Crippen LogP contribution in [0, 0.1) is 0 Å². The van der Waals surface area contributed by atoms with Gasteiger partial charge in [-0.25, -0.2) is 15.0 Å². The Bertz CT molecular complexity index is 3320. The fourth-order valence-corrected chi connectivity index (χ4v) is 8.32. The van der Waals surface area contributed by atoms with Crippen molar-refractivity contribution in [3.8, 4) is 84.5 Å². The van der Waals surface area contributed by atoms with Gasteiger partial charge in [-0.05, 0) is 92.7 Å². The summed E-state index contributed by atoms with van der Waals surface area (Å²) < 4.78 is 2.19. The van der Waals surface area contributed by atoms with Gasteiger partial charge < -0.3 is 0 Å². The summed E-state index contributed by atoms with van der Waals surface area (Å²) >= 11 is 0. The van der Waals surface area contributed by atoms with E-state index in [-0.39, 0.29) is 0 Å². The van der Waals surface area contributed by atoms with Gasteiger partial charge in [0.05, 0.1) is 22.4 Å². The second-order valence-electron chi connectivity index (χ2n) is 15.1. The molecule has 3 heterocycles. The lowest BCUT2D eigenvalue weighted by atomic mass is 9.91. The van der Waals surface area contributed by atoms with Crippen LogP contribution in [-0.2, 0) is 0 Å². The standard InChI is InChI=1S/C56H37N5/c1-3-14-38(15-4-1)43-18-13-19-44(36-43)53-37-52(58-55(59-53)42-16-5-2-6-17-42)41-27-25-39(26-28-41)46-33-34-47(49-21-8-7-20-48(46)49)40-29-31-45(32-30-40)61-54-24-10-9-22-50(54)60-56(61)51-23-11-12-35-57-51/h1-37H. The van der Waals surface area contributed by atoms with Crippen LogP contribution < -0.4 is 0 Å². The molecule has 0 fully saturated rings. The molecule has 61 heavy (non-hydrogen) atoms. The van der Waals surface area contributed by atoms with E-state index >= 15 is 0 Å². The molecule has 286 valence electrons. The largest absolute Gasteiger partial charge is 0.291 e. The monoisotopic (exact) mass is 779 g/mol. The summed E-state index contributed by atoms with van der Waals surface area (Å²) in [6.07, 6.45) is 1.81. The molecule has 0 radical (unpaired) electrons. The lowest BCUT2D eigenvalue weighted by Gasteiger charge is -2.14. The summed E-state index contributed by atoms with van der Waals surface area (Å²) in [7, 11) is 0. The van der Waals surface area contributed by atoms with Gasteiger partial charge in [-0.15, -0.1) is 0 Å². The van der Waals surface area contributed by atoms with Crippen molar-refractivity contribution < 1.29 is 0 Å². The SMILES string of the molecule is c1ccc(-c2cccc(-c3cc(-c4ccc(-c5ccc(-c6ccc(-n7c(-c8ccccn8)nc8ccccc87)cc6)c6ccccc56)cc4)nc(-c4ccccc4)n3)c2)cc1. The molecule has 11 aromatic rings. The summed E-state index contributed by atoms with van der Waals surface area (Å²) in [5.41, 5.74) is 15.6. The molecular weight excluding hydrogens is 743 g/mol. The molecule has 3 aromatic heterocycles. The zero-order valence-corrected chi connectivity index (χ0v) is 33.1. The normalized spacial score (nSPS) is 11.3. The molecule has 0 aliphatic carbocycles. The van der Waals surface area contributed by atoms with Crippen LogP contribution in [0.5, 0.6) is 0 Å². The Hall–Kier alpha value is -8.28. The first-order chi connectivity index (χ1) is 30.2. The Morgan fingerprint density at radius 3 is 1.57 bits per heavy atom. The highest BCUT2D eigenvalue weighted by Crippen LogP contribution is 2.38. The molecule has 0 aliphatic rings. The molecule has 0 atom stereocenters. The first-order valence-corrected chi connectivity index (χ1v) is 20.5. The van der Waals surface area contributed by atoms with Crippen molar-refractivity contribution >= 4 is 21.8 Å². The lowest BCUT2D eigenvalue weighted by molar-refractivity contribution is 1.08. The Kier molecular flexibility index (Phi) is 9.10. The van der Waals surface area contributed by atoms with E-state index in [0.717, 1.165) is 73.0 Å². The van der Waals surface area contributed by atoms with Crippen LogP contribution >= 0.6 is 0 Å². The molecular formula is C56H37N5. The van der Waals surface area contributed by atoms with Crippen molar-refractivity contribution in [2.24, 2.45) is 0 Å². The van der Waals surface area contributed by atoms with E-state index in [1.807, 2.05) is 54.7 Å². The Morgan fingerprint density at radius 1 is 0.328 bits per heavy atom. The van der Waals surface area contributed by atoms with E-state index in [1.165, 1.54) is 27.5 Å². The third kappa shape index (κ3) is 6.84. The third-order valence-electron chi connectivity index (χ3n) is 11.3. The van der Waals surface area contributed by atoms with Gasteiger partial charge in [0.25, 0.3) is 0 Å². The van der Waals surface area contributed by atoms with E-state index in [2.05, 4.69) is 179 Å². The van der Waals surface area contributed by atoms with Gasteiger partial charge in [0.15, 0.2) is 11.6 Å². The number of hydrogen-bond donors (Lipinski definition) is 0.